The molecule has 1 atom stereocenters. The van der Waals surface area contributed by atoms with Crippen LogP contribution in [0.1, 0.15) is 57.2 Å². The molecule has 7 heteroatoms. The molecule has 1 saturated carbocycles. The van der Waals surface area contributed by atoms with Gasteiger partial charge in [-0.25, -0.2) is 0 Å². The molecule has 2 aromatic heterocycles. The Labute approximate surface area is 141 Å². The summed E-state index contributed by atoms with van der Waals surface area (Å²) in [6.45, 7) is 3.82. The summed E-state index contributed by atoms with van der Waals surface area (Å²) in [6.07, 6.45) is 5.96. The third-order valence-electron chi connectivity index (χ3n) is 4.80. The highest BCUT2D eigenvalue weighted by Gasteiger charge is 2.30. The molecular formula is C17H24N6O. The van der Waals surface area contributed by atoms with Crippen LogP contribution in [0.5, 0.6) is 0 Å². The second-order valence-electron chi connectivity index (χ2n) is 6.90. The molecule has 4 rings (SSSR count). The molecule has 1 N–H and O–H groups in total. The number of nitrogens with zero attached hydrogens (tertiary/aromatic N) is 5. The smallest absolute Gasteiger partial charge is 0.220 e. The van der Waals surface area contributed by atoms with Crippen LogP contribution in [-0.4, -0.2) is 44.8 Å². The van der Waals surface area contributed by atoms with E-state index in [1.807, 2.05) is 23.6 Å². The molecule has 1 aliphatic heterocycles. The van der Waals surface area contributed by atoms with Gasteiger partial charge in [0.15, 0.2) is 11.5 Å². The summed E-state index contributed by atoms with van der Waals surface area (Å²) < 4.78 is 1.90. The number of carbonyl (C=O) groups excluding carboxylic acids is 1. The predicted octanol–water partition coefficient (Wildman–Crippen LogP) is 1.89. The van der Waals surface area contributed by atoms with Gasteiger partial charge in [-0.05, 0) is 44.2 Å². The standard InChI is InChI=1S/C17H24N6O/c1-2-4-16(24)18-13-5-3-10-22(11-13)15-9-8-14-19-20-17(12-6-7-12)23(14)21-15/h8-9,12-13H,2-7,10-11H2,1H3,(H,18,24). The van der Waals surface area contributed by atoms with Crippen molar-refractivity contribution in [3.05, 3.63) is 18.0 Å². The first-order chi connectivity index (χ1) is 11.7. The molecule has 2 aliphatic rings. The number of fused-ring (bicyclic) bond motifs is 1. The Bertz CT molecular complexity index is 738. The molecule has 1 unspecified atom stereocenters. The number of anilines is 1. The number of hydrogen-bond acceptors (Lipinski definition) is 5. The first-order valence-corrected chi connectivity index (χ1v) is 9.01. The van der Waals surface area contributed by atoms with Crippen molar-refractivity contribution in [2.45, 2.75) is 57.4 Å². The molecule has 1 aliphatic carbocycles. The van der Waals surface area contributed by atoms with E-state index in [9.17, 15) is 4.79 Å². The average Bonchev–Trinajstić information content (AvgIpc) is 3.34. The molecule has 0 bridgehead atoms. The monoisotopic (exact) mass is 328 g/mol. The lowest BCUT2D eigenvalue weighted by molar-refractivity contribution is -0.121. The van der Waals surface area contributed by atoms with Crippen molar-refractivity contribution >= 4 is 17.4 Å². The van der Waals surface area contributed by atoms with Gasteiger partial charge in [0.2, 0.25) is 5.91 Å². The summed E-state index contributed by atoms with van der Waals surface area (Å²) >= 11 is 0. The molecule has 7 nitrogen and oxygen atoms in total. The quantitative estimate of drug-likeness (QED) is 0.907. The molecular weight excluding hydrogens is 304 g/mol. The van der Waals surface area contributed by atoms with E-state index in [0.717, 1.165) is 49.6 Å². The SMILES string of the molecule is CCCC(=O)NC1CCCN(c2ccc3nnc(C4CC4)n3n2)C1. The number of rotatable bonds is 5. The minimum absolute atomic E-state index is 0.155. The number of carbonyl (C=O) groups is 1. The molecule has 0 spiro atoms. The maximum absolute atomic E-state index is 11.9. The summed E-state index contributed by atoms with van der Waals surface area (Å²) in [5.74, 6) is 2.60. The second kappa shape index (κ2) is 6.37. The van der Waals surface area contributed by atoms with Gasteiger partial charge < -0.3 is 10.2 Å². The van der Waals surface area contributed by atoms with Gasteiger partial charge in [-0.3, -0.25) is 4.79 Å². The number of hydrogen-bond donors (Lipinski definition) is 1. The fourth-order valence-electron chi connectivity index (χ4n) is 3.39. The van der Waals surface area contributed by atoms with E-state index in [4.69, 9.17) is 5.10 Å². The van der Waals surface area contributed by atoms with Crippen molar-refractivity contribution < 1.29 is 4.79 Å². The van der Waals surface area contributed by atoms with E-state index in [0.29, 0.717) is 12.3 Å². The Balaban J connectivity index is 1.51. The van der Waals surface area contributed by atoms with Gasteiger partial charge in [-0.2, -0.15) is 4.52 Å². The summed E-state index contributed by atoms with van der Waals surface area (Å²) in [5.41, 5.74) is 0.811. The largest absolute Gasteiger partial charge is 0.353 e. The third kappa shape index (κ3) is 3.07. The van der Waals surface area contributed by atoms with Crippen LogP contribution in [0.15, 0.2) is 12.1 Å². The minimum Gasteiger partial charge on any atom is -0.353 e. The first-order valence-electron chi connectivity index (χ1n) is 9.01. The second-order valence-corrected chi connectivity index (χ2v) is 6.90. The third-order valence-corrected chi connectivity index (χ3v) is 4.80. The molecule has 3 heterocycles. The fraction of sp³-hybridized carbons (Fsp3) is 0.647. The number of amides is 1. The van der Waals surface area contributed by atoms with Crippen molar-refractivity contribution in [1.82, 2.24) is 25.1 Å². The number of piperidine rings is 1. The predicted molar refractivity (Wildman–Crippen MR) is 91.0 cm³/mol. The maximum atomic E-state index is 11.9. The van der Waals surface area contributed by atoms with Gasteiger partial charge >= 0.3 is 0 Å². The Morgan fingerprint density at radius 1 is 1.29 bits per heavy atom. The number of aromatic nitrogens is 4. The van der Waals surface area contributed by atoms with Crippen LogP contribution in [-0.2, 0) is 4.79 Å². The zero-order valence-corrected chi connectivity index (χ0v) is 14.1. The number of nitrogens with one attached hydrogen (secondary N) is 1. The van der Waals surface area contributed by atoms with Gasteiger partial charge in [0.05, 0.1) is 0 Å². The van der Waals surface area contributed by atoms with Gasteiger partial charge in [0.25, 0.3) is 0 Å². The lowest BCUT2D eigenvalue weighted by Crippen LogP contribution is -2.48. The molecule has 128 valence electrons. The van der Waals surface area contributed by atoms with Crippen molar-refractivity contribution in [2.75, 3.05) is 18.0 Å². The van der Waals surface area contributed by atoms with Crippen LogP contribution in [0.4, 0.5) is 5.82 Å². The van der Waals surface area contributed by atoms with E-state index in [2.05, 4.69) is 20.4 Å². The van der Waals surface area contributed by atoms with E-state index in [-0.39, 0.29) is 11.9 Å². The van der Waals surface area contributed by atoms with Crippen LogP contribution >= 0.6 is 0 Å². The van der Waals surface area contributed by atoms with Crippen molar-refractivity contribution in [3.8, 4) is 0 Å². The van der Waals surface area contributed by atoms with Gasteiger partial charge in [0.1, 0.15) is 5.82 Å². The van der Waals surface area contributed by atoms with Crippen molar-refractivity contribution in [1.29, 1.82) is 0 Å². The lowest BCUT2D eigenvalue weighted by Gasteiger charge is -2.33. The van der Waals surface area contributed by atoms with E-state index < -0.39 is 0 Å². The normalized spacial score (nSPS) is 21.2. The molecule has 1 saturated heterocycles. The minimum atomic E-state index is 0.155. The Kier molecular flexibility index (Phi) is 4.08. The molecule has 1 amide bonds. The van der Waals surface area contributed by atoms with E-state index in [1.54, 1.807) is 0 Å². The van der Waals surface area contributed by atoms with E-state index in [1.165, 1.54) is 12.8 Å². The summed E-state index contributed by atoms with van der Waals surface area (Å²) in [4.78, 5) is 14.1. The van der Waals surface area contributed by atoms with Crippen LogP contribution in [0.2, 0.25) is 0 Å². The highest BCUT2D eigenvalue weighted by atomic mass is 16.1. The van der Waals surface area contributed by atoms with Gasteiger partial charge in [0, 0.05) is 31.5 Å². The topological polar surface area (TPSA) is 75.4 Å². The highest BCUT2D eigenvalue weighted by molar-refractivity contribution is 5.76. The fourth-order valence-corrected chi connectivity index (χ4v) is 3.39. The summed E-state index contributed by atoms with van der Waals surface area (Å²) in [5, 5.41) is 16.4. The highest BCUT2D eigenvalue weighted by Crippen LogP contribution is 2.38. The molecule has 2 aromatic rings. The molecule has 0 aromatic carbocycles. The first kappa shape index (κ1) is 15.4. The van der Waals surface area contributed by atoms with Crippen molar-refractivity contribution in [3.63, 3.8) is 0 Å². The van der Waals surface area contributed by atoms with Gasteiger partial charge in [-0.1, -0.05) is 6.92 Å². The summed E-state index contributed by atoms with van der Waals surface area (Å²) in [7, 11) is 0. The Morgan fingerprint density at radius 3 is 2.96 bits per heavy atom. The molecule has 24 heavy (non-hydrogen) atoms. The summed E-state index contributed by atoms with van der Waals surface area (Å²) in [6, 6.07) is 4.20. The molecule has 2 fully saturated rings. The maximum Gasteiger partial charge on any atom is 0.220 e. The van der Waals surface area contributed by atoms with Gasteiger partial charge in [-0.15, -0.1) is 15.3 Å². The molecule has 0 radical (unpaired) electrons. The van der Waals surface area contributed by atoms with Crippen LogP contribution < -0.4 is 10.2 Å². The Hall–Kier alpha value is -2.18. The van der Waals surface area contributed by atoms with Crippen LogP contribution in [0, 0.1) is 0 Å². The van der Waals surface area contributed by atoms with Crippen molar-refractivity contribution in [2.24, 2.45) is 0 Å². The zero-order chi connectivity index (χ0) is 16.5. The van der Waals surface area contributed by atoms with Crippen LogP contribution in [0.25, 0.3) is 5.65 Å². The zero-order valence-electron chi connectivity index (χ0n) is 14.1. The Morgan fingerprint density at radius 2 is 2.17 bits per heavy atom. The van der Waals surface area contributed by atoms with E-state index >= 15 is 0 Å². The average molecular weight is 328 g/mol. The lowest BCUT2D eigenvalue weighted by atomic mass is 10.1. The van der Waals surface area contributed by atoms with Crippen LogP contribution in [0.3, 0.4) is 0 Å².